The number of hydrogen-bond donors (Lipinski definition) is 0. The van der Waals surface area contributed by atoms with E-state index in [1.165, 1.54) is 0 Å². The number of rotatable bonds is 3. The van der Waals surface area contributed by atoms with Crippen molar-refractivity contribution in [3.8, 4) is 5.69 Å². The maximum absolute atomic E-state index is 13.0. The first-order valence-corrected chi connectivity index (χ1v) is 9.01. The van der Waals surface area contributed by atoms with Crippen LogP contribution in [0.2, 0.25) is 0 Å². The number of benzene rings is 1. The molecule has 0 saturated carbocycles. The van der Waals surface area contributed by atoms with E-state index in [0.717, 1.165) is 18.5 Å². The molecular weight excluding hydrogens is 332 g/mol. The van der Waals surface area contributed by atoms with Gasteiger partial charge in [-0.3, -0.25) is 9.59 Å². The van der Waals surface area contributed by atoms with Crippen LogP contribution in [0, 0.1) is 0 Å². The highest BCUT2D eigenvalue weighted by Gasteiger charge is 2.37. The Morgan fingerprint density at radius 2 is 1.85 bits per heavy atom. The monoisotopic (exact) mass is 354 g/mol. The summed E-state index contributed by atoms with van der Waals surface area (Å²) in [6.07, 6.45) is 5.16. The van der Waals surface area contributed by atoms with Crippen molar-refractivity contribution in [2.45, 2.75) is 18.9 Å². The predicted molar refractivity (Wildman–Crippen MR) is 95.0 cm³/mol. The number of hydrogen-bond acceptors (Lipinski definition) is 4. The highest BCUT2D eigenvalue weighted by molar-refractivity contribution is 5.98. The molecule has 26 heavy (non-hydrogen) atoms. The van der Waals surface area contributed by atoms with E-state index in [9.17, 15) is 9.59 Å². The number of morpholine rings is 1. The van der Waals surface area contributed by atoms with Crippen molar-refractivity contribution in [2.24, 2.45) is 0 Å². The van der Waals surface area contributed by atoms with Crippen LogP contribution < -0.4 is 0 Å². The smallest absolute Gasteiger partial charge is 0.254 e. The van der Waals surface area contributed by atoms with Crippen LogP contribution >= 0.6 is 0 Å². The van der Waals surface area contributed by atoms with E-state index in [4.69, 9.17) is 4.74 Å². The van der Waals surface area contributed by atoms with E-state index in [-0.39, 0.29) is 17.9 Å². The quantitative estimate of drug-likeness (QED) is 0.834. The van der Waals surface area contributed by atoms with E-state index in [1.54, 1.807) is 27.9 Å². The van der Waals surface area contributed by atoms with Crippen LogP contribution in [0.1, 0.15) is 23.2 Å². The van der Waals surface area contributed by atoms with Gasteiger partial charge in [0, 0.05) is 37.6 Å². The molecule has 1 atom stereocenters. The lowest BCUT2D eigenvalue weighted by Crippen LogP contribution is -2.51. The van der Waals surface area contributed by atoms with Crippen LogP contribution in [0.3, 0.4) is 0 Å². The van der Waals surface area contributed by atoms with Crippen molar-refractivity contribution in [2.75, 3.05) is 32.8 Å². The molecular formula is C19H22N4O3. The number of likely N-dealkylation sites (tertiary alicyclic amines) is 1. The number of amides is 2. The third kappa shape index (κ3) is 3.22. The zero-order chi connectivity index (χ0) is 17.9. The van der Waals surface area contributed by atoms with Crippen molar-refractivity contribution in [3.05, 3.63) is 48.3 Å². The van der Waals surface area contributed by atoms with Crippen molar-refractivity contribution in [3.63, 3.8) is 0 Å². The van der Waals surface area contributed by atoms with Gasteiger partial charge >= 0.3 is 0 Å². The summed E-state index contributed by atoms with van der Waals surface area (Å²) in [7, 11) is 0. The molecule has 7 heteroatoms. The Balaban J connectivity index is 1.48. The molecule has 2 aliphatic rings. The van der Waals surface area contributed by atoms with Gasteiger partial charge in [-0.15, -0.1) is 0 Å². The van der Waals surface area contributed by atoms with E-state index in [0.29, 0.717) is 38.4 Å². The summed E-state index contributed by atoms with van der Waals surface area (Å²) in [5.41, 5.74) is 1.50. The molecule has 3 heterocycles. The van der Waals surface area contributed by atoms with Crippen LogP contribution in [0.5, 0.6) is 0 Å². The third-order valence-corrected chi connectivity index (χ3v) is 5.00. The standard InChI is InChI=1S/C19H22N4O3/c24-18(15-4-6-16(7-5-15)23-10-2-8-20-23)22-9-1-3-17(22)19(25)21-11-13-26-14-12-21/h2,4-8,10,17H,1,3,9,11-14H2/t17-/m0/s1. The number of aromatic nitrogens is 2. The van der Waals surface area contributed by atoms with E-state index in [2.05, 4.69) is 5.10 Å². The van der Waals surface area contributed by atoms with Gasteiger partial charge in [-0.25, -0.2) is 4.68 Å². The lowest BCUT2D eigenvalue weighted by Gasteiger charge is -2.32. The Morgan fingerprint density at radius 1 is 1.08 bits per heavy atom. The molecule has 4 rings (SSSR count). The zero-order valence-corrected chi connectivity index (χ0v) is 14.6. The zero-order valence-electron chi connectivity index (χ0n) is 14.6. The fourth-order valence-corrected chi connectivity index (χ4v) is 3.61. The van der Waals surface area contributed by atoms with Crippen LogP contribution in [0.25, 0.3) is 5.69 Å². The van der Waals surface area contributed by atoms with Gasteiger partial charge in [0.05, 0.1) is 18.9 Å². The average Bonchev–Trinajstić information content (AvgIpc) is 3.40. The average molecular weight is 354 g/mol. The molecule has 7 nitrogen and oxygen atoms in total. The topological polar surface area (TPSA) is 67.7 Å². The second-order valence-corrected chi connectivity index (χ2v) is 6.59. The first kappa shape index (κ1) is 16.8. The number of nitrogens with zero attached hydrogens (tertiary/aromatic N) is 4. The van der Waals surface area contributed by atoms with Gasteiger partial charge in [-0.1, -0.05) is 0 Å². The van der Waals surface area contributed by atoms with Gasteiger partial charge in [0.1, 0.15) is 6.04 Å². The van der Waals surface area contributed by atoms with Gasteiger partial charge in [-0.2, -0.15) is 5.10 Å². The normalized spacial score (nSPS) is 20.4. The highest BCUT2D eigenvalue weighted by Crippen LogP contribution is 2.23. The second kappa shape index (κ2) is 7.29. The molecule has 136 valence electrons. The fourth-order valence-electron chi connectivity index (χ4n) is 3.61. The second-order valence-electron chi connectivity index (χ2n) is 6.59. The molecule has 2 amide bonds. The molecule has 2 fully saturated rings. The van der Waals surface area contributed by atoms with Crippen molar-refractivity contribution < 1.29 is 14.3 Å². The van der Waals surface area contributed by atoms with Gasteiger partial charge < -0.3 is 14.5 Å². The summed E-state index contributed by atoms with van der Waals surface area (Å²) in [5.74, 6) is -0.0339. The first-order chi connectivity index (χ1) is 12.7. The number of carbonyl (C=O) groups excluding carboxylic acids is 2. The van der Waals surface area contributed by atoms with Gasteiger partial charge in [0.15, 0.2) is 0 Å². The summed E-state index contributed by atoms with van der Waals surface area (Å²) in [6.45, 7) is 2.98. The molecule has 2 saturated heterocycles. The lowest BCUT2D eigenvalue weighted by atomic mass is 10.1. The largest absolute Gasteiger partial charge is 0.378 e. The molecule has 2 aliphatic heterocycles. The van der Waals surface area contributed by atoms with E-state index in [1.807, 2.05) is 29.3 Å². The van der Waals surface area contributed by atoms with E-state index >= 15 is 0 Å². The van der Waals surface area contributed by atoms with Gasteiger partial charge in [-0.05, 0) is 43.2 Å². The summed E-state index contributed by atoms with van der Waals surface area (Å²) in [6, 6.07) is 8.84. The van der Waals surface area contributed by atoms with Gasteiger partial charge in [0.2, 0.25) is 5.91 Å². The summed E-state index contributed by atoms with van der Waals surface area (Å²) in [5, 5.41) is 4.19. The Bertz CT molecular complexity index is 767. The summed E-state index contributed by atoms with van der Waals surface area (Å²) in [4.78, 5) is 29.3. The first-order valence-electron chi connectivity index (χ1n) is 9.01. The Labute approximate surface area is 152 Å². The number of ether oxygens (including phenoxy) is 1. The Hall–Kier alpha value is -2.67. The van der Waals surface area contributed by atoms with Crippen LogP contribution in [0.4, 0.5) is 0 Å². The van der Waals surface area contributed by atoms with Crippen molar-refractivity contribution >= 4 is 11.8 Å². The minimum absolute atomic E-state index is 0.0484. The lowest BCUT2D eigenvalue weighted by molar-refractivity contribution is -0.139. The molecule has 0 bridgehead atoms. The minimum Gasteiger partial charge on any atom is -0.378 e. The van der Waals surface area contributed by atoms with Crippen molar-refractivity contribution in [1.29, 1.82) is 0 Å². The molecule has 2 aromatic rings. The van der Waals surface area contributed by atoms with E-state index < -0.39 is 0 Å². The molecule has 0 spiro atoms. The molecule has 0 unspecified atom stereocenters. The van der Waals surface area contributed by atoms with Crippen LogP contribution in [0.15, 0.2) is 42.7 Å². The fraction of sp³-hybridized carbons (Fsp3) is 0.421. The molecule has 1 aromatic heterocycles. The molecule has 1 aromatic carbocycles. The SMILES string of the molecule is O=C([C@@H]1CCCN1C(=O)c1ccc(-n2cccn2)cc1)N1CCOCC1. The number of carbonyl (C=O) groups is 2. The van der Waals surface area contributed by atoms with Crippen LogP contribution in [-0.4, -0.2) is 70.3 Å². The predicted octanol–water partition coefficient (Wildman–Crippen LogP) is 1.34. The van der Waals surface area contributed by atoms with Gasteiger partial charge in [0.25, 0.3) is 5.91 Å². The molecule has 0 N–H and O–H groups in total. The summed E-state index contributed by atoms with van der Waals surface area (Å²) < 4.78 is 7.06. The maximum Gasteiger partial charge on any atom is 0.254 e. The Morgan fingerprint density at radius 3 is 2.54 bits per heavy atom. The van der Waals surface area contributed by atoms with Crippen LogP contribution in [-0.2, 0) is 9.53 Å². The molecule has 0 radical (unpaired) electrons. The van der Waals surface area contributed by atoms with Crippen molar-refractivity contribution in [1.82, 2.24) is 19.6 Å². The Kier molecular flexibility index (Phi) is 4.71. The molecule has 0 aliphatic carbocycles. The minimum atomic E-state index is -0.355. The highest BCUT2D eigenvalue weighted by atomic mass is 16.5. The summed E-state index contributed by atoms with van der Waals surface area (Å²) >= 11 is 0. The maximum atomic E-state index is 13.0. The third-order valence-electron chi connectivity index (χ3n) is 5.00.